The van der Waals surface area contributed by atoms with Crippen molar-refractivity contribution in [2.45, 2.75) is 90.0 Å². The average molecular weight is 302 g/mol. The Morgan fingerprint density at radius 3 is 2.35 bits per heavy atom. The van der Waals surface area contributed by atoms with Crippen LogP contribution < -0.4 is 5.32 Å². The number of rotatable bonds is 9. The third-order valence-corrected chi connectivity index (χ3v) is 5.16. The molecule has 0 saturated heterocycles. The van der Waals surface area contributed by atoms with Gasteiger partial charge in [-0.05, 0) is 38.0 Å². The molecule has 0 aromatic heterocycles. The number of carbonyl (C=O) groups is 1. The highest BCUT2D eigenvalue weighted by Gasteiger charge is 2.34. The van der Waals surface area contributed by atoms with E-state index >= 15 is 0 Å². The number of hydrogen-bond donors (Lipinski definition) is 1. The Hall–Kier alpha value is -0.240. The molecule has 1 aliphatic rings. The van der Waals surface area contributed by atoms with Gasteiger partial charge in [0.15, 0.2) is 0 Å². The van der Waals surface area contributed by atoms with Crippen molar-refractivity contribution in [2.24, 2.45) is 5.92 Å². The molecule has 1 N–H and O–H groups in total. The van der Waals surface area contributed by atoms with Gasteiger partial charge in [0.05, 0.1) is 5.54 Å². The average Bonchev–Trinajstić information content (AvgIpc) is 2.45. The Balaban J connectivity index is 2.19. The molecular weight excluding hydrogens is 270 g/mol. The molecule has 118 valence electrons. The highest BCUT2D eigenvalue weighted by Crippen LogP contribution is 2.32. The summed E-state index contributed by atoms with van der Waals surface area (Å²) in [4.78, 5) is 12.1. The van der Waals surface area contributed by atoms with Crippen LogP contribution in [0.15, 0.2) is 0 Å². The van der Waals surface area contributed by atoms with Gasteiger partial charge in [-0.15, -0.1) is 11.6 Å². The fraction of sp³-hybridized carbons (Fsp3) is 0.941. The molecule has 1 saturated carbocycles. The number of alkyl halides is 1. The maximum Gasteiger partial charge on any atom is 0.220 e. The monoisotopic (exact) mass is 301 g/mol. The van der Waals surface area contributed by atoms with Gasteiger partial charge < -0.3 is 5.32 Å². The molecular formula is C17H32ClNO. The maximum atomic E-state index is 12.1. The first kappa shape index (κ1) is 17.8. The number of nitrogens with one attached hydrogen (secondary N) is 1. The topological polar surface area (TPSA) is 29.1 Å². The third-order valence-electron chi connectivity index (χ3n) is 4.65. The summed E-state index contributed by atoms with van der Waals surface area (Å²) in [6.45, 7) is 4.51. The minimum atomic E-state index is -0.118. The Kier molecular flexibility index (Phi) is 8.60. The standard InChI is InChI=1S/C17H32ClNO/c1-3-4-5-6-7-8-9-16(20)19-17(14-18)12-10-15(2)11-13-17/h15H,3-14H2,1-2H3,(H,19,20). The van der Waals surface area contributed by atoms with Gasteiger partial charge in [-0.1, -0.05) is 46.0 Å². The molecule has 0 aromatic carbocycles. The molecule has 0 spiro atoms. The van der Waals surface area contributed by atoms with Crippen LogP contribution in [0, 0.1) is 5.92 Å². The molecule has 0 bridgehead atoms. The van der Waals surface area contributed by atoms with Gasteiger partial charge in [0, 0.05) is 12.3 Å². The smallest absolute Gasteiger partial charge is 0.220 e. The lowest BCUT2D eigenvalue weighted by Crippen LogP contribution is -2.52. The van der Waals surface area contributed by atoms with Crippen molar-refractivity contribution in [2.75, 3.05) is 5.88 Å². The van der Waals surface area contributed by atoms with Crippen LogP contribution >= 0.6 is 11.6 Å². The second kappa shape index (κ2) is 9.65. The minimum absolute atomic E-state index is 0.118. The van der Waals surface area contributed by atoms with Gasteiger partial charge >= 0.3 is 0 Å². The van der Waals surface area contributed by atoms with Crippen LogP contribution in [-0.2, 0) is 4.79 Å². The normalized spacial score (nSPS) is 26.4. The van der Waals surface area contributed by atoms with Crippen LogP contribution in [0.2, 0.25) is 0 Å². The van der Waals surface area contributed by atoms with E-state index in [9.17, 15) is 4.79 Å². The summed E-state index contributed by atoms with van der Waals surface area (Å²) in [5, 5.41) is 3.23. The predicted molar refractivity (Wildman–Crippen MR) is 87.2 cm³/mol. The molecule has 0 unspecified atom stereocenters. The molecule has 1 aliphatic carbocycles. The number of amides is 1. The number of carbonyl (C=O) groups excluding carboxylic acids is 1. The van der Waals surface area contributed by atoms with E-state index in [1.807, 2.05) is 0 Å². The molecule has 1 rings (SSSR count). The van der Waals surface area contributed by atoms with E-state index < -0.39 is 0 Å². The molecule has 1 fully saturated rings. The van der Waals surface area contributed by atoms with E-state index in [2.05, 4.69) is 19.2 Å². The Morgan fingerprint density at radius 2 is 1.75 bits per heavy atom. The van der Waals surface area contributed by atoms with Crippen molar-refractivity contribution in [3.63, 3.8) is 0 Å². The van der Waals surface area contributed by atoms with Crippen LogP contribution in [0.25, 0.3) is 0 Å². The van der Waals surface area contributed by atoms with Gasteiger partial charge in [-0.25, -0.2) is 0 Å². The van der Waals surface area contributed by atoms with Crippen LogP contribution in [0.5, 0.6) is 0 Å². The van der Waals surface area contributed by atoms with Crippen LogP contribution in [0.1, 0.15) is 84.5 Å². The largest absolute Gasteiger partial charge is 0.349 e. The second-order valence-electron chi connectivity index (χ2n) is 6.66. The summed E-state index contributed by atoms with van der Waals surface area (Å²) >= 11 is 6.13. The zero-order valence-electron chi connectivity index (χ0n) is 13.3. The lowest BCUT2D eigenvalue weighted by molar-refractivity contribution is -0.123. The van der Waals surface area contributed by atoms with Crippen molar-refractivity contribution >= 4 is 17.5 Å². The van der Waals surface area contributed by atoms with Gasteiger partial charge in [0.2, 0.25) is 5.91 Å². The predicted octanol–water partition coefficient (Wildman–Crippen LogP) is 5.04. The highest BCUT2D eigenvalue weighted by atomic mass is 35.5. The van der Waals surface area contributed by atoms with Gasteiger partial charge in [0.25, 0.3) is 0 Å². The van der Waals surface area contributed by atoms with Crippen LogP contribution in [-0.4, -0.2) is 17.3 Å². The molecule has 1 amide bonds. The number of hydrogen-bond acceptors (Lipinski definition) is 1. The van der Waals surface area contributed by atoms with Gasteiger partial charge in [-0.3, -0.25) is 4.79 Å². The summed E-state index contributed by atoms with van der Waals surface area (Å²) in [6.07, 6.45) is 12.5. The minimum Gasteiger partial charge on any atom is -0.349 e. The first-order valence-electron chi connectivity index (χ1n) is 8.49. The fourth-order valence-electron chi connectivity index (χ4n) is 3.03. The van der Waals surface area contributed by atoms with Crippen molar-refractivity contribution in [3.05, 3.63) is 0 Å². The molecule has 0 heterocycles. The summed E-state index contributed by atoms with van der Waals surface area (Å²) in [7, 11) is 0. The van der Waals surface area contributed by atoms with E-state index in [-0.39, 0.29) is 11.4 Å². The Bertz CT molecular complexity index is 272. The molecule has 0 aliphatic heterocycles. The fourth-order valence-corrected chi connectivity index (χ4v) is 3.36. The Morgan fingerprint density at radius 1 is 1.15 bits per heavy atom. The zero-order chi connectivity index (χ0) is 14.8. The van der Waals surface area contributed by atoms with Crippen molar-refractivity contribution < 1.29 is 4.79 Å². The first-order valence-corrected chi connectivity index (χ1v) is 9.02. The lowest BCUT2D eigenvalue weighted by Gasteiger charge is -2.38. The summed E-state index contributed by atoms with van der Waals surface area (Å²) in [6, 6.07) is 0. The van der Waals surface area contributed by atoms with Crippen LogP contribution in [0.4, 0.5) is 0 Å². The zero-order valence-corrected chi connectivity index (χ0v) is 14.1. The molecule has 0 radical (unpaired) electrons. The first-order chi connectivity index (χ1) is 9.62. The SMILES string of the molecule is CCCCCCCCC(=O)NC1(CCl)CCC(C)CC1. The lowest BCUT2D eigenvalue weighted by atomic mass is 9.78. The summed E-state index contributed by atoms with van der Waals surface area (Å²) in [5.74, 6) is 1.54. The second-order valence-corrected chi connectivity index (χ2v) is 6.93. The number of unbranched alkanes of at least 4 members (excludes halogenated alkanes) is 5. The van der Waals surface area contributed by atoms with Crippen LogP contribution in [0.3, 0.4) is 0 Å². The van der Waals surface area contributed by atoms with Crippen molar-refractivity contribution in [1.82, 2.24) is 5.32 Å². The Labute approximate surface area is 130 Å². The van der Waals surface area contributed by atoms with Gasteiger partial charge in [-0.2, -0.15) is 0 Å². The van der Waals surface area contributed by atoms with Crippen molar-refractivity contribution in [1.29, 1.82) is 0 Å². The number of halogens is 1. The molecule has 3 heteroatoms. The molecule has 0 atom stereocenters. The quantitative estimate of drug-likeness (QED) is 0.469. The highest BCUT2D eigenvalue weighted by molar-refractivity contribution is 6.18. The maximum absolute atomic E-state index is 12.1. The van der Waals surface area contributed by atoms with Gasteiger partial charge in [0.1, 0.15) is 0 Å². The van der Waals surface area contributed by atoms with E-state index in [1.165, 1.54) is 44.9 Å². The van der Waals surface area contributed by atoms with E-state index in [0.717, 1.165) is 25.2 Å². The van der Waals surface area contributed by atoms with E-state index in [1.54, 1.807) is 0 Å². The van der Waals surface area contributed by atoms with E-state index in [0.29, 0.717) is 12.3 Å². The molecule has 0 aromatic rings. The van der Waals surface area contributed by atoms with E-state index in [4.69, 9.17) is 11.6 Å². The third kappa shape index (κ3) is 6.47. The van der Waals surface area contributed by atoms with Crippen molar-refractivity contribution in [3.8, 4) is 0 Å². The molecule has 20 heavy (non-hydrogen) atoms. The molecule has 2 nitrogen and oxygen atoms in total. The summed E-state index contributed by atoms with van der Waals surface area (Å²) in [5.41, 5.74) is -0.118. The summed E-state index contributed by atoms with van der Waals surface area (Å²) < 4.78 is 0.